The molecule has 0 aromatic heterocycles. The summed E-state index contributed by atoms with van der Waals surface area (Å²) in [5, 5.41) is 3.07. The van der Waals surface area contributed by atoms with E-state index in [1.807, 2.05) is 13.8 Å². The first kappa shape index (κ1) is 15.8. The van der Waals surface area contributed by atoms with Crippen LogP contribution in [0.25, 0.3) is 0 Å². The zero-order chi connectivity index (χ0) is 14.4. The summed E-state index contributed by atoms with van der Waals surface area (Å²) in [4.78, 5) is 23.2. The van der Waals surface area contributed by atoms with E-state index in [0.717, 1.165) is 6.42 Å². The molecule has 6 heteroatoms. The van der Waals surface area contributed by atoms with Crippen LogP contribution in [0.2, 0.25) is 10.0 Å². The molecule has 1 amide bonds. The third-order valence-corrected chi connectivity index (χ3v) is 3.34. The molecule has 0 bridgehead atoms. The molecule has 1 aromatic carbocycles. The molecular formula is C13H15Cl2NO3. The highest BCUT2D eigenvalue weighted by molar-refractivity contribution is 6.43. The Labute approximate surface area is 122 Å². The summed E-state index contributed by atoms with van der Waals surface area (Å²) in [7, 11) is 0. The zero-order valence-electron chi connectivity index (χ0n) is 10.7. The second-order valence-corrected chi connectivity index (χ2v) is 4.84. The Morgan fingerprint density at radius 2 is 2.05 bits per heavy atom. The van der Waals surface area contributed by atoms with E-state index in [2.05, 4.69) is 5.32 Å². The topological polar surface area (TPSA) is 55.4 Å². The predicted molar refractivity (Wildman–Crippen MR) is 74.6 cm³/mol. The van der Waals surface area contributed by atoms with Gasteiger partial charge >= 0.3 is 5.97 Å². The number of rotatable bonds is 5. The van der Waals surface area contributed by atoms with E-state index in [9.17, 15) is 9.59 Å². The molecule has 0 radical (unpaired) electrons. The van der Waals surface area contributed by atoms with Crippen LogP contribution in [0, 0.1) is 0 Å². The molecule has 0 aliphatic heterocycles. The molecule has 1 rings (SSSR count). The average molecular weight is 304 g/mol. The fraction of sp³-hybridized carbons (Fsp3) is 0.385. The van der Waals surface area contributed by atoms with Gasteiger partial charge in [0.05, 0.1) is 15.6 Å². The molecule has 0 aliphatic rings. The van der Waals surface area contributed by atoms with Crippen molar-refractivity contribution in [2.75, 3.05) is 6.61 Å². The van der Waals surface area contributed by atoms with Crippen molar-refractivity contribution in [2.45, 2.75) is 26.3 Å². The lowest BCUT2D eigenvalue weighted by atomic mass is 10.2. The Hall–Kier alpha value is -1.26. The van der Waals surface area contributed by atoms with Gasteiger partial charge in [-0.05, 0) is 25.5 Å². The van der Waals surface area contributed by atoms with Gasteiger partial charge in [-0.25, -0.2) is 4.79 Å². The molecular weight excluding hydrogens is 289 g/mol. The maximum atomic E-state index is 11.7. The first-order valence-electron chi connectivity index (χ1n) is 5.86. The van der Waals surface area contributed by atoms with E-state index in [1.54, 1.807) is 12.1 Å². The minimum Gasteiger partial charge on any atom is -0.452 e. The van der Waals surface area contributed by atoms with Gasteiger partial charge in [0.25, 0.3) is 5.91 Å². The van der Waals surface area contributed by atoms with Gasteiger partial charge in [-0.3, -0.25) is 4.79 Å². The highest BCUT2D eigenvalue weighted by Gasteiger charge is 2.15. The first-order chi connectivity index (χ1) is 8.95. The van der Waals surface area contributed by atoms with Crippen molar-refractivity contribution in [1.82, 2.24) is 5.32 Å². The lowest BCUT2D eigenvalue weighted by molar-refractivity contribution is -0.124. The molecule has 1 atom stereocenters. The Kier molecular flexibility index (Phi) is 6.12. The van der Waals surface area contributed by atoms with Crippen LogP contribution in [-0.2, 0) is 9.53 Å². The van der Waals surface area contributed by atoms with Crippen molar-refractivity contribution >= 4 is 35.1 Å². The molecule has 0 saturated carbocycles. The number of hydrogen-bond acceptors (Lipinski definition) is 3. The standard InChI is InChI=1S/C13H15Cl2NO3/c1-3-8(2)16-11(17)7-19-13(18)9-5-4-6-10(14)12(9)15/h4-6,8H,3,7H2,1-2H3,(H,16,17)/t8-/m1/s1. The van der Waals surface area contributed by atoms with Crippen molar-refractivity contribution in [3.63, 3.8) is 0 Å². The fourth-order valence-electron chi connectivity index (χ4n) is 1.29. The van der Waals surface area contributed by atoms with Crippen molar-refractivity contribution in [3.05, 3.63) is 33.8 Å². The second kappa shape index (κ2) is 7.36. The van der Waals surface area contributed by atoms with Gasteiger partial charge in [0, 0.05) is 6.04 Å². The number of carbonyl (C=O) groups is 2. The number of hydrogen-bond donors (Lipinski definition) is 1. The number of esters is 1. The third-order valence-electron chi connectivity index (χ3n) is 2.53. The van der Waals surface area contributed by atoms with Crippen LogP contribution in [0.15, 0.2) is 18.2 Å². The smallest absolute Gasteiger partial charge is 0.340 e. The quantitative estimate of drug-likeness (QED) is 0.851. The summed E-state index contributed by atoms with van der Waals surface area (Å²) < 4.78 is 4.88. The fourth-order valence-corrected chi connectivity index (χ4v) is 1.67. The number of nitrogens with one attached hydrogen (secondary N) is 1. The first-order valence-corrected chi connectivity index (χ1v) is 6.61. The molecule has 104 valence electrons. The van der Waals surface area contributed by atoms with Crippen molar-refractivity contribution in [2.24, 2.45) is 0 Å². The second-order valence-electron chi connectivity index (χ2n) is 4.05. The van der Waals surface area contributed by atoms with Crippen molar-refractivity contribution in [1.29, 1.82) is 0 Å². The number of carbonyl (C=O) groups excluding carboxylic acids is 2. The number of halogens is 2. The molecule has 19 heavy (non-hydrogen) atoms. The number of amides is 1. The van der Waals surface area contributed by atoms with E-state index in [0.29, 0.717) is 0 Å². The van der Waals surface area contributed by atoms with Crippen LogP contribution in [0.1, 0.15) is 30.6 Å². The van der Waals surface area contributed by atoms with Gasteiger partial charge in [-0.1, -0.05) is 36.2 Å². The summed E-state index contributed by atoms with van der Waals surface area (Å²) in [6.45, 7) is 3.47. The molecule has 0 heterocycles. The van der Waals surface area contributed by atoms with E-state index in [-0.39, 0.29) is 34.2 Å². The van der Waals surface area contributed by atoms with E-state index in [4.69, 9.17) is 27.9 Å². The third kappa shape index (κ3) is 4.73. The Morgan fingerprint density at radius 1 is 1.37 bits per heavy atom. The highest BCUT2D eigenvalue weighted by atomic mass is 35.5. The molecule has 1 N–H and O–H groups in total. The monoisotopic (exact) mass is 303 g/mol. The summed E-state index contributed by atoms with van der Waals surface area (Å²) in [5.74, 6) is -1.02. The molecule has 0 spiro atoms. The van der Waals surface area contributed by atoms with E-state index in [1.165, 1.54) is 6.07 Å². The minimum absolute atomic E-state index is 0.0426. The summed E-state index contributed by atoms with van der Waals surface area (Å²) in [6.07, 6.45) is 0.805. The van der Waals surface area contributed by atoms with E-state index < -0.39 is 5.97 Å². The largest absolute Gasteiger partial charge is 0.452 e. The predicted octanol–water partition coefficient (Wildman–Crippen LogP) is 3.06. The van der Waals surface area contributed by atoms with Gasteiger partial charge in [-0.15, -0.1) is 0 Å². The van der Waals surface area contributed by atoms with Gasteiger partial charge < -0.3 is 10.1 Å². The zero-order valence-corrected chi connectivity index (χ0v) is 12.2. The van der Waals surface area contributed by atoms with Gasteiger partial charge in [0.15, 0.2) is 6.61 Å². The molecule has 4 nitrogen and oxygen atoms in total. The SMILES string of the molecule is CC[C@@H](C)NC(=O)COC(=O)c1cccc(Cl)c1Cl. The van der Waals surface area contributed by atoms with Crippen LogP contribution in [0.5, 0.6) is 0 Å². The van der Waals surface area contributed by atoms with Crippen LogP contribution >= 0.6 is 23.2 Å². The maximum Gasteiger partial charge on any atom is 0.340 e. The van der Waals surface area contributed by atoms with Crippen LogP contribution in [0.3, 0.4) is 0 Å². The summed E-state index contributed by atoms with van der Waals surface area (Å²) >= 11 is 11.7. The molecule has 0 aliphatic carbocycles. The Morgan fingerprint density at radius 3 is 2.68 bits per heavy atom. The van der Waals surface area contributed by atoms with Gasteiger partial charge in [0.2, 0.25) is 0 Å². The Balaban J connectivity index is 2.56. The van der Waals surface area contributed by atoms with Gasteiger partial charge in [0.1, 0.15) is 0 Å². The van der Waals surface area contributed by atoms with Crippen LogP contribution in [0.4, 0.5) is 0 Å². The van der Waals surface area contributed by atoms with E-state index >= 15 is 0 Å². The van der Waals surface area contributed by atoms with Gasteiger partial charge in [-0.2, -0.15) is 0 Å². The Bertz CT molecular complexity index is 477. The number of ether oxygens (including phenoxy) is 1. The van der Waals surface area contributed by atoms with Crippen molar-refractivity contribution < 1.29 is 14.3 Å². The molecule has 0 unspecified atom stereocenters. The van der Waals surface area contributed by atoms with Crippen molar-refractivity contribution in [3.8, 4) is 0 Å². The van der Waals surface area contributed by atoms with Crippen LogP contribution in [-0.4, -0.2) is 24.5 Å². The normalized spacial score (nSPS) is 11.8. The summed E-state index contributed by atoms with van der Waals surface area (Å²) in [6, 6.07) is 4.68. The molecule has 1 aromatic rings. The maximum absolute atomic E-state index is 11.7. The lowest BCUT2D eigenvalue weighted by Gasteiger charge is -2.11. The highest BCUT2D eigenvalue weighted by Crippen LogP contribution is 2.25. The molecule has 0 fully saturated rings. The molecule has 0 saturated heterocycles. The summed E-state index contributed by atoms with van der Waals surface area (Å²) in [5.41, 5.74) is 0.144. The minimum atomic E-state index is -0.674. The average Bonchev–Trinajstić information content (AvgIpc) is 2.39. The number of benzene rings is 1. The van der Waals surface area contributed by atoms with Crippen LogP contribution < -0.4 is 5.32 Å². The lowest BCUT2D eigenvalue weighted by Crippen LogP contribution is -2.35.